The van der Waals surface area contributed by atoms with E-state index >= 15 is 0 Å². The molecule has 0 spiro atoms. The number of benzene rings is 1. The van der Waals surface area contributed by atoms with E-state index in [2.05, 4.69) is 15.6 Å². The number of rotatable bonds is 14. The van der Waals surface area contributed by atoms with Crippen LogP contribution in [0.15, 0.2) is 58.0 Å². The predicted molar refractivity (Wildman–Crippen MR) is 245 cm³/mol. The molecule has 2 saturated heterocycles. The first-order valence-corrected chi connectivity index (χ1v) is 27.7. The molecule has 0 saturated carbocycles. The Morgan fingerprint density at radius 1 is 0.938 bits per heavy atom. The SMILES string of the molecule is CO[C@H]1[C@@H](O[Si](C)(C)C(C)(C)C)[C@H](n2ccc(=O)[nH]c2=O)O[C@@H]1[C@@H](O[C@H]1OC(C(=O)N[C@H]2CCCCNC2=O)=C[C@H](O[Si](C)(C)C(C)(C)C)[C@@H]1OC(=S)Oc1ccc(C)cc1)C(N)=O. The van der Waals surface area contributed by atoms with Crippen molar-refractivity contribution in [1.29, 1.82) is 0 Å². The number of nitrogens with two attached hydrogens (primary N) is 1. The number of amides is 3. The Morgan fingerprint density at radius 2 is 1.58 bits per heavy atom. The lowest BCUT2D eigenvalue weighted by atomic mass is 10.0. The zero-order valence-corrected chi connectivity index (χ0v) is 41.6. The molecule has 1 aromatic heterocycles. The molecule has 3 aliphatic heterocycles. The van der Waals surface area contributed by atoms with Gasteiger partial charge in [0.1, 0.15) is 36.2 Å². The quantitative estimate of drug-likeness (QED) is 0.154. The van der Waals surface area contributed by atoms with Gasteiger partial charge in [0, 0.05) is 38.1 Å². The fraction of sp³-hybridized carbons (Fsp3) is 0.628. The summed E-state index contributed by atoms with van der Waals surface area (Å²) >= 11 is 5.63. The molecule has 2 fully saturated rings. The van der Waals surface area contributed by atoms with Gasteiger partial charge in [0.15, 0.2) is 40.8 Å². The number of carbonyl (C=O) groups is 3. The Labute approximate surface area is 381 Å². The summed E-state index contributed by atoms with van der Waals surface area (Å²) in [6.07, 6.45) is -6.19. The van der Waals surface area contributed by atoms with Gasteiger partial charge in [-0.2, -0.15) is 0 Å². The van der Waals surface area contributed by atoms with Crippen LogP contribution in [-0.4, -0.2) is 112 Å². The van der Waals surface area contributed by atoms with Crippen molar-refractivity contribution >= 4 is 51.8 Å². The number of nitrogens with one attached hydrogen (secondary N) is 3. The third-order valence-electron chi connectivity index (χ3n) is 12.6. The number of hydrogen-bond donors (Lipinski definition) is 4. The minimum atomic E-state index is -2.75. The van der Waals surface area contributed by atoms with Crippen molar-refractivity contribution in [2.75, 3.05) is 13.7 Å². The molecule has 2 aromatic rings. The van der Waals surface area contributed by atoms with E-state index in [-0.39, 0.29) is 27.0 Å². The number of primary amides is 1. The minimum absolute atomic E-state index is 0.286. The van der Waals surface area contributed by atoms with Crippen LogP contribution in [0.4, 0.5) is 0 Å². The molecule has 0 radical (unpaired) electrons. The summed E-state index contributed by atoms with van der Waals surface area (Å²) in [5, 5.41) is 4.56. The summed E-state index contributed by atoms with van der Waals surface area (Å²) in [6.45, 7) is 22.6. The van der Waals surface area contributed by atoms with Crippen molar-refractivity contribution < 1.29 is 51.7 Å². The van der Waals surface area contributed by atoms with Crippen LogP contribution in [0.2, 0.25) is 36.3 Å². The second-order valence-electron chi connectivity index (χ2n) is 19.4. The van der Waals surface area contributed by atoms with Crippen LogP contribution in [0.5, 0.6) is 5.75 Å². The fourth-order valence-electron chi connectivity index (χ4n) is 6.87. The topological polar surface area (TPSA) is 230 Å². The van der Waals surface area contributed by atoms with Gasteiger partial charge < -0.3 is 53.6 Å². The molecule has 5 rings (SSSR count). The molecular weight excluding hydrogens is 883 g/mol. The summed E-state index contributed by atoms with van der Waals surface area (Å²) in [4.78, 5) is 68.7. The van der Waals surface area contributed by atoms with Gasteiger partial charge >= 0.3 is 10.9 Å². The zero-order chi connectivity index (χ0) is 47.5. The van der Waals surface area contributed by atoms with E-state index < -0.39 is 94.9 Å². The largest absolute Gasteiger partial charge is 0.455 e. The lowest BCUT2D eigenvalue weighted by Crippen LogP contribution is -2.58. The monoisotopic (exact) mass is 947 g/mol. The molecule has 1 aromatic carbocycles. The van der Waals surface area contributed by atoms with Crippen molar-refractivity contribution in [3.8, 4) is 5.75 Å². The molecule has 0 aliphatic carbocycles. The van der Waals surface area contributed by atoms with Crippen molar-refractivity contribution in [3.63, 3.8) is 0 Å². The predicted octanol–water partition coefficient (Wildman–Crippen LogP) is 4.18. The number of hydrogen-bond acceptors (Lipinski definition) is 14. The van der Waals surface area contributed by atoms with Crippen LogP contribution >= 0.6 is 12.2 Å². The number of ether oxygens (including phenoxy) is 6. The average molecular weight is 948 g/mol. The molecule has 0 unspecified atom stereocenters. The first-order chi connectivity index (χ1) is 29.7. The molecule has 9 atom stereocenters. The van der Waals surface area contributed by atoms with Crippen LogP contribution in [-0.2, 0) is 46.9 Å². The average Bonchev–Trinajstić information content (AvgIpc) is 3.39. The fourth-order valence-corrected chi connectivity index (χ4v) is 9.60. The van der Waals surface area contributed by atoms with Gasteiger partial charge in [-0.25, -0.2) is 4.79 Å². The molecule has 3 amide bonds. The number of carbonyl (C=O) groups excluding carboxylic acids is 3. The van der Waals surface area contributed by atoms with Gasteiger partial charge in [-0.05, 0) is 80.7 Å². The highest BCUT2D eigenvalue weighted by Gasteiger charge is 2.57. The smallest absolute Gasteiger partial charge is 0.358 e. The first kappa shape index (κ1) is 50.8. The molecular formula is C43H65N5O13SSi2. The highest BCUT2D eigenvalue weighted by molar-refractivity contribution is 7.79. The molecule has 354 valence electrons. The van der Waals surface area contributed by atoms with E-state index in [0.29, 0.717) is 25.1 Å². The summed E-state index contributed by atoms with van der Waals surface area (Å²) < 4.78 is 52.7. The van der Waals surface area contributed by atoms with E-state index in [1.165, 1.54) is 19.4 Å². The van der Waals surface area contributed by atoms with Crippen LogP contribution in [0.3, 0.4) is 0 Å². The second kappa shape index (κ2) is 20.1. The summed E-state index contributed by atoms with van der Waals surface area (Å²) in [5.74, 6) is -2.04. The van der Waals surface area contributed by atoms with E-state index in [0.717, 1.165) is 22.6 Å². The Hall–Kier alpha value is -4.23. The maximum atomic E-state index is 14.2. The second-order valence-corrected chi connectivity index (χ2v) is 29.3. The number of methoxy groups -OCH3 is 1. The van der Waals surface area contributed by atoms with E-state index in [1.54, 1.807) is 12.1 Å². The summed E-state index contributed by atoms with van der Waals surface area (Å²) in [5.41, 5.74) is 5.73. The zero-order valence-electron chi connectivity index (χ0n) is 38.8. The lowest BCUT2D eigenvalue weighted by Gasteiger charge is -2.44. The lowest BCUT2D eigenvalue weighted by molar-refractivity contribution is -0.238. The normalized spacial score (nSPS) is 26.1. The van der Waals surface area contributed by atoms with Gasteiger partial charge in [-0.3, -0.25) is 28.7 Å². The number of aryl methyl sites for hydroxylation is 1. The van der Waals surface area contributed by atoms with Gasteiger partial charge in [-0.15, -0.1) is 0 Å². The Morgan fingerprint density at radius 3 is 2.17 bits per heavy atom. The van der Waals surface area contributed by atoms with Crippen LogP contribution < -0.4 is 32.4 Å². The highest BCUT2D eigenvalue weighted by atomic mass is 32.1. The molecule has 64 heavy (non-hydrogen) atoms. The number of thiocarbonyl (C=S) groups is 1. The molecule has 0 bridgehead atoms. The Kier molecular flexibility index (Phi) is 16.0. The third kappa shape index (κ3) is 12.0. The van der Waals surface area contributed by atoms with E-state index in [9.17, 15) is 24.0 Å². The van der Waals surface area contributed by atoms with Crippen molar-refractivity contribution in [2.45, 2.75) is 159 Å². The van der Waals surface area contributed by atoms with Crippen LogP contribution in [0.1, 0.15) is 72.6 Å². The van der Waals surface area contributed by atoms with Crippen molar-refractivity contribution in [3.05, 3.63) is 74.8 Å². The summed E-state index contributed by atoms with van der Waals surface area (Å²) in [6, 6.07) is 7.39. The molecule has 18 nitrogen and oxygen atoms in total. The van der Waals surface area contributed by atoms with E-state index in [4.69, 9.17) is 55.2 Å². The summed E-state index contributed by atoms with van der Waals surface area (Å²) in [7, 11) is -4.06. The maximum Gasteiger partial charge on any atom is 0.358 e. The minimum Gasteiger partial charge on any atom is -0.455 e. The number of H-pyrrole nitrogens is 1. The van der Waals surface area contributed by atoms with Gasteiger partial charge in [0.05, 0.1) is 0 Å². The Bertz CT molecular complexity index is 2170. The Balaban J connectivity index is 1.61. The first-order valence-electron chi connectivity index (χ1n) is 21.5. The van der Waals surface area contributed by atoms with Gasteiger partial charge in [0.25, 0.3) is 11.5 Å². The molecule has 21 heteroatoms. The maximum absolute atomic E-state index is 14.2. The molecule has 4 heterocycles. The number of aromatic nitrogens is 2. The van der Waals surface area contributed by atoms with Crippen molar-refractivity contribution in [1.82, 2.24) is 20.2 Å². The molecule has 5 N–H and O–H groups in total. The standard InChI is InChI=1S/C43H65N5O13SSi2/c1-24-16-18-25(19-17-24)55-41(62)59-30-27(60-63(9,10)42(2,3)4)23-28(37(52)46-26-15-13-14-21-45-36(26)51)56-39(30)58-33(35(44)50)32-31(54-8)34(61-64(11,12)43(5,6)7)38(57-32)48-22-20-29(49)47-40(48)53/h16-20,22-23,26-27,30-34,38-39H,13-15,21H2,1-12H3,(H2,44,50)(H,45,51)(H,46,52)(H,47,49,53)/t26-,27-,30-,31+,32-,33+,34+,38+,39+/m0/s1. The van der Waals surface area contributed by atoms with Crippen LogP contribution in [0.25, 0.3) is 0 Å². The number of nitrogens with zero attached hydrogens (tertiary/aromatic N) is 1. The van der Waals surface area contributed by atoms with E-state index in [1.807, 2.05) is 86.8 Å². The molecule has 3 aliphatic rings. The third-order valence-corrected chi connectivity index (χ3v) is 21.8. The number of aromatic amines is 1. The highest BCUT2D eigenvalue weighted by Crippen LogP contribution is 2.44. The van der Waals surface area contributed by atoms with Crippen molar-refractivity contribution in [2.24, 2.45) is 5.73 Å². The van der Waals surface area contributed by atoms with Crippen LogP contribution in [0, 0.1) is 6.92 Å². The van der Waals surface area contributed by atoms with Gasteiger partial charge in [0.2, 0.25) is 18.1 Å². The van der Waals surface area contributed by atoms with Gasteiger partial charge in [-0.1, -0.05) is 59.2 Å².